The van der Waals surface area contributed by atoms with Crippen molar-refractivity contribution in [3.8, 4) is 5.75 Å². The van der Waals surface area contributed by atoms with Crippen LogP contribution >= 0.6 is 15.9 Å². The van der Waals surface area contributed by atoms with Gasteiger partial charge in [0.15, 0.2) is 11.6 Å². The van der Waals surface area contributed by atoms with Gasteiger partial charge in [0.25, 0.3) is 0 Å². The molecule has 102 valence electrons. The van der Waals surface area contributed by atoms with Gasteiger partial charge in [-0.1, -0.05) is 13.8 Å². The summed E-state index contributed by atoms with van der Waals surface area (Å²) in [6, 6.07) is 2.45. The van der Waals surface area contributed by atoms with E-state index in [1.807, 2.05) is 0 Å². The monoisotopic (exact) mass is 321 g/mol. The Balaban J connectivity index is 2.44. The van der Waals surface area contributed by atoms with Crippen LogP contribution in [0, 0.1) is 11.6 Å². The van der Waals surface area contributed by atoms with Crippen LogP contribution in [0.1, 0.15) is 26.7 Å². The molecule has 1 aromatic rings. The topological polar surface area (TPSA) is 21.3 Å². The van der Waals surface area contributed by atoms with E-state index in [0.717, 1.165) is 18.9 Å². The van der Waals surface area contributed by atoms with Gasteiger partial charge in [0.05, 0.1) is 4.47 Å². The fourth-order valence-electron chi connectivity index (χ4n) is 1.66. The Morgan fingerprint density at radius 2 is 1.94 bits per heavy atom. The Morgan fingerprint density at radius 3 is 2.50 bits per heavy atom. The van der Waals surface area contributed by atoms with Gasteiger partial charge in [0.1, 0.15) is 12.4 Å². The first-order chi connectivity index (χ1) is 8.58. The van der Waals surface area contributed by atoms with Gasteiger partial charge in [-0.3, -0.25) is 0 Å². The van der Waals surface area contributed by atoms with Gasteiger partial charge < -0.3 is 10.1 Å². The molecule has 0 radical (unpaired) electrons. The molecule has 0 amide bonds. The lowest BCUT2D eigenvalue weighted by atomic mass is 10.2. The van der Waals surface area contributed by atoms with Crippen LogP contribution in [0.3, 0.4) is 0 Å². The van der Waals surface area contributed by atoms with Crippen molar-refractivity contribution >= 4 is 15.9 Å². The number of hydrogen-bond donors (Lipinski definition) is 1. The fraction of sp³-hybridized carbons (Fsp3) is 0.538. The van der Waals surface area contributed by atoms with Crippen molar-refractivity contribution in [2.24, 2.45) is 0 Å². The second-order valence-corrected chi connectivity index (χ2v) is 4.87. The fourth-order valence-corrected chi connectivity index (χ4v) is 2.18. The zero-order valence-corrected chi connectivity index (χ0v) is 12.2. The quantitative estimate of drug-likeness (QED) is 0.769. The van der Waals surface area contributed by atoms with Crippen LogP contribution in [0.5, 0.6) is 5.75 Å². The van der Waals surface area contributed by atoms with Gasteiger partial charge >= 0.3 is 0 Å². The SMILES string of the molecule is CCC(CC)NCCOc1c(F)cc(F)cc1Br. The van der Waals surface area contributed by atoms with E-state index < -0.39 is 11.6 Å². The molecule has 0 aliphatic heterocycles. The van der Waals surface area contributed by atoms with Gasteiger partial charge in [-0.2, -0.15) is 0 Å². The summed E-state index contributed by atoms with van der Waals surface area (Å²) < 4.78 is 31.9. The summed E-state index contributed by atoms with van der Waals surface area (Å²) in [5.41, 5.74) is 0. The van der Waals surface area contributed by atoms with E-state index in [2.05, 4.69) is 35.1 Å². The molecule has 5 heteroatoms. The number of hydrogen-bond acceptors (Lipinski definition) is 2. The lowest BCUT2D eigenvalue weighted by molar-refractivity contribution is 0.286. The normalized spacial score (nSPS) is 11.0. The highest BCUT2D eigenvalue weighted by Crippen LogP contribution is 2.29. The van der Waals surface area contributed by atoms with Gasteiger partial charge in [-0.05, 0) is 34.8 Å². The predicted octanol–water partition coefficient (Wildman–Crippen LogP) is 3.88. The molecule has 0 unspecified atom stereocenters. The molecule has 0 atom stereocenters. The molecule has 0 fully saturated rings. The Morgan fingerprint density at radius 1 is 1.28 bits per heavy atom. The van der Waals surface area contributed by atoms with Gasteiger partial charge in [-0.15, -0.1) is 0 Å². The highest BCUT2D eigenvalue weighted by atomic mass is 79.9. The van der Waals surface area contributed by atoms with E-state index in [0.29, 0.717) is 23.7 Å². The molecule has 1 aromatic carbocycles. The highest BCUT2D eigenvalue weighted by molar-refractivity contribution is 9.10. The van der Waals surface area contributed by atoms with Crippen LogP contribution < -0.4 is 10.1 Å². The molecular weight excluding hydrogens is 304 g/mol. The summed E-state index contributed by atoms with van der Waals surface area (Å²) >= 11 is 3.08. The molecule has 1 rings (SSSR count). The summed E-state index contributed by atoms with van der Waals surface area (Å²) in [5, 5.41) is 3.30. The first-order valence-corrected chi connectivity index (χ1v) is 6.88. The maximum absolute atomic E-state index is 13.4. The maximum atomic E-state index is 13.4. The van der Waals surface area contributed by atoms with Crippen molar-refractivity contribution in [1.29, 1.82) is 0 Å². The third kappa shape index (κ3) is 4.53. The largest absolute Gasteiger partial charge is 0.488 e. The van der Waals surface area contributed by atoms with Crippen molar-refractivity contribution in [3.05, 3.63) is 28.2 Å². The maximum Gasteiger partial charge on any atom is 0.169 e. The Kier molecular flexibility index (Phi) is 6.57. The molecule has 1 N–H and O–H groups in total. The Labute approximate surface area is 115 Å². The van der Waals surface area contributed by atoms with E-state index in [9.17, 15) is 8.78 Å². The first-order valence-electron chi connectivity index (χ1n) is 6.09. The van der Waals surface area contributed by atoms with E-state index in [-0.39, 0.29) is 5.75 Å². The Hall–Kier alpha value is -0.680. The molecule has 0 saturated heterocycles. The molecule has 0 aromatic heterocycles. The van der Waals surface area contributed by atoms with E-state index in [4.69, 9.17) is 4.74 Å². The average Bonchev–Trinajstić information content (AvgIpc) is 2.32. The van der Waals surface area contributed by atoms with Gasteiger partial charge in [0.2, 0.25) is 0 Å². The highest BCUT2D eigenvalue weighted by Gasteiger charge is 2.11. The minimum atomic E-state index is -0.690. The molecule has 0 heterocycles. The second kappa shape index (κ2) is 7.69. The molecule has 0 aliphatic carbocycles. The molecule has 18 heavy (non-hydrogen) atoms. The summed E-state index contributed by atoms with van der Waals surface area (Å²) in [7, 11) is 0. The van der Waals surface area contributed by atoms with Crippen molar-refractivity contribution < 1.29 is 13.5 Å². The van der Waals surface area contributed by atoms with Crippen LogP contribution in [0.15, 0.2) is 16.6 Å². The van der Waals surface area contributed by atoms with Gasteiger partial charge in [-0.25, -0.2) is 8.78 Å². The van der Waals surface area contributed by atoms with Crippen LogP contribution in [0.4, 0.5) is 8.78 Å². The molecule has 2 nitrogen and oxygen atoms in total. The summed E-state index contributed by atoms with van der Waals surface area (Å²) in [5.74, 6) is -1.26. The van der Waals surface area contributed by atoms with Crippen LogP contribution in [-0.2, 0) is 0 Å². The summed E-state index contributed by atoms with van der Waals surface area (Å²) in [6.07, 6.45) is 2.09. The number of rotatable bonds is 7. The van der Waals surface area contributed by atoms with E-state index >= 15 is 0 Å². The standard InChI is InChI=1S/C13H18BrF2NO/c1-3-10(4-2)17-5-6-18-13-11(14)7-9(15)8-12(13)16/h7-8,10,17H,3-6H2,1-2H3. The zero-order chi connectivity index (χ0) is 13.5. The summed E-state index contributed by atoms with van der Waals surface area (Å²) in [6.45, 7) is 5.20. The molecule has 0 saturated carbocycles. The number of nitrogens with one attached hydrogen (secondary N) is 1. The second-order valence-electron chi connectivity index (χ2n) is 4.01. The lowest BCUT2D eigenvalue weighted by Crippen LogP contribution is -2.31. The van der Waals surface area contributed by atoms with Crippen molar-refractivity contribution in [2.45, 2.75) is 32.7 Å². The minimum Gasteiger partial charge on any atom is -0.488 e. The van der Waals surface area contributed by atoms with E-state index in [1.54, 1.807) is 0 Å². The van der Waals surface area contributed by atoms with Crippen molar-refractivity contribution in [3.63, 3.8) is 0 Å². The predicted molar refractivity (Wildman–Crippen MR) is 71.9 cm³/mol. The van der Waals surface area contributed by atoms with Crippen LogP contribution in [0.25, 0.3) is 0 Å². The van der Waals surface area contributed by atoms with Crippen LogP contribution in [0.2, 0.25) is 0 Å². The third-order valence-electron chi connectivity index (χ3n) is 2.73. The zero-order valence-electron chi connectivity index (χ0n) is 10.6. The average molecular weight is 322 g/mol. The number of benzene rings is 1. The van der Waals surface area contributed by atoms with Crippen molar-refractivity contribution in [2.75, 3.05) is 13.2 Å². The lowest BCUT2D eigenvalue weighted by Gasteiger charge is -2.15. The van der Waals surface area contributed by atoms with Gasteiger partial charge in [0, 0.05) is 18.7 Å². The molecule has 0 spiro atoms. The molecular formula is C13H18BrF2NO. The Bertz CT molecular complexity index is 360. The smallest absolute Gasteiger partial charge is 0.169 e. The van der Waals surface area contributed by atoms with Crippen LogP contribution in [-0.4, -0.2) is 19.2 Å². The third-order valence-corrected chi connectivity index (χ3v) is 3.32. The van der Waals surface area contributed by atoms with E-state index in [1.165, 1.54) is 6.07 Å². The summed E-state index contributed by atoms with van der Waals surface area (Å²) in [4.78, 5) is 0. The molecule has 0 aliphatic rings. The minimum absolute atomic E-state index is 0.0581. The number of ether oxygens (including phenoxy) is 1. The first kappa shape index (κ1) is 15.4. The van der Waals surface area contributed by atoms with Crippen molar-refractivity contribution in [1.82, 2.24) is 5.32 Å². The number of halogens is 3. The molecule has 0 bridgehead atoms.